The van der Waals surface area contributed by atoms with Crippen LogP contribution < -0.4 is 28.4 Å². The number of nitrogens with zero attached hydrogens (tertiary/aromatic N) is 3. The van der Waals surface area contributed by atoms with E-state index in [9.17, 15) is 0 Å². The van der Waals surface area contributed by atoms with Crippen molar-refractivity contribution in [2.24, 2.45) is 0 Å². The van der Waals surface area contributed by atoms with Crippen molar-refractivity contribution in [1.82, 2.24) is 15.0 Å². The number of fused-ring (bicyclic) bond motifs is 6. The minimum absolute atomic E-state index is 0.380. The van der Waals surface area contributed by atoms with Crippen LogP contribution in [0.3, 0.4) is 0 Å². The predicted molar refractivity (Wildman–Crippen MR) is 200 cm³/mol. The summed E-state index contributed by atoms with van der Waals surface area (Å²) < 4.78 is 37.1. The summed E-state index contributed by atoms with van der Waals surface area (Å²) in [6.45, 7) is 0. The van der Waals surface area contributed by atoms with E-state index in [-0.39, 0.29) is 0 Å². The summed E-state index contributed by atoms with van der Waals surface area (Å²) >= 11 is 0. The van der Waals surface area contributed by atoms with E-state index in [1.807, 2.05) is 48.5 Å². The second kappa shape index (κ2) is 12.0. The summed E-state index contributed by atoms with van der Waals surface area (Å²) in [7, 11) is 0. The zero-order valence-electron chi connectivity index (χ0n) is 27.9. The lowest BCUT2D eigenvalue weighted by Gasteiger charge is -2.22. The Morgan fingerprint density at radius 1 is 0.296 bits per heavy atom. The van der Waals surface area contributed by atoms with Crippen molar-refractivity contribution >= 4 is 0 Å². The highest BCUT2D eigenvalue weighted by atomic mass is 16.6. The minimum atomic E-state index is 0.380. The van der Waals surface area contributed by atoms with Gasteiger partial charge in [0.2, 0.25) is 0 Å². The molecule has 4 heterocycles. The lowest BCUT2D eigenvalue weighted by molar-refractivity contribution is 0.359. The second-order valence-corrected chi connectivity index (χ2v) is 12.3. The maximum Gasteiger partial charge on any atom is 0.171 e. The fourth-order valence-electron chi connectivity index (χ4n) is 6.19. The molecule has 3 aliphatic rings. The molecule has 9 nitrogen and oxygen atoms in total. The van der Waals surface area contributed by atoms with E-state index in [2.05, 4.69) is 17.8 Å². The Balaban J connectivity index is 1.06. The molecule has 0 N–H and O–H groups in total. The molecule has 0 saturated carbocycles. The Hall–Kier alpha value is -8.19. The van der Waals surface area contributed by atoms with Gasteiger partial charge in [-0.1, -0.05) is 17.8 Å². The molecule has 9 heteroatoms. The molecular weight excluding hydrogens is 679 g/mol. The fourth-order valence-corrected chi connectivity index (χ4v) is 6.19. The van der Waals surface area contributed by atoms with E-state index >= 15 is 0 Å². The number of terminal acetylenes is 3. The number of hydrogen-bond donors (Lipinski definition) is 0. The monoisotopic (exact) mass is 699 g/mol. The van der Waals surface area contributed by atoms with Crippen molar-refractivity contribution in [3.8, 4) is 140 Å². The van der Waals surface area contributed by atoms with Crippen molar-refractivity contribution < 1.29 is 28.4 Å². The maximum atomic E-state index is 6.25. The molecule has 3 aliphatic heterocycles. The van der Waals surface area contributed by atoms with Crippen LogP contribution in [0.4, 0.5) is 0 Å². The van der Waals surface area contributed by atoms with Crippen LogP contribution in [-0.4, -0.2) is 15.0 Å². The summed E-state index contributed by atoms with van der Waals surface area (Å²) in [5, 5.41) is 0. The van der Waals surface area contributed by atoms with Crippen LogP contribution in [0.5, 0.6) is 69.0 Å². The first-order valence-electron chi connectivity index (χ1n) is 16.6. The number of hydrogen-bond acceptors (Lipinski definition) is 9. The summed E-state index contributed by atoms with van der Waals surface area (Å²) in [5.41, 5.74) is 3.99. The Morgan fingerprint density at radius 3 is 0.833 bits per heavy atom. The lowest BCUT2D eigenvalue weighted by Crippen LogP contribution is -2.04. The van der Waals surface area contributed by atoms with Gasteiger partial charge in [0, 0.05) is 51.6 Å². The van der Waals surface area contributed by atoms with Gasteiger partial charge in [-0.2, -0.15) is 0 Å². The van der Waals surface area contributed by atoms with E-state index in [1.165, 1.54) is 0 Å². The van der Waals surface area contributed by atoms with E-state index in [1.54, 1.807) is 60.7 Å². The van der Waals surface area contributed by atoms with Gasteiger partial charge in [-0.25, -0.2) is 15.0 Å². The van der Waals surface area contributed by atoms with Gasteiger partial charge in [0.05, 0.1) is 0 Å². The van der Waals surface area contributed by atoms with Crippen molar-refractivity contribution in [2.75, 3.05) is 0 Å². The normalized spacial score (nSPS) is 12.2. The van der Waals surface area contributed by atoms with Crippen molar-refractivity contribution in [3.05, 3.63) is 126 Å². The summed E-state index contributed by atoms with van der Waals surface area (Å²) in [5.74, 6) is 15.3. The molecular formula is C45H21N3O6. The molecule has 0 fully saturated rings. The average molecular weight is 700 g/mol. The molecule has 0 atom stereocenters. The highest BCUT2D eigenvalue weighted by Crippen LogP contribution is 2.50. The van der Waals surface area contributed by atoms with Gasteiger partial charge in [0.1, 0.15) is 0 Å². The Labute approximate surface area is 308 Å². The Kier molecular flexibility index (Phi) is 6.78. The summed E-state index contributed by atoms with van der Waals surface area (Å²) in [6, 6.07) is 32.5. The van der Waals surface area contributed by atoms with E-state index in [4.69, 9.17) is 62.6 Å². The van der Waals surface area contributed by atoms with Crippen LogP contribution >= 0.6 is 0 Å². The van der Waals surface area contributed by atoms with E-state index < -0.39 is 0 Å². The Morgan fingerprint density at radius 2 is 0.537 bits per heavy atom. The average Bonchev–Trinajstić information content (AvgIpc) is 3.22. The van der Waals surface area contributed by atoms with Gasteiger partial charge >= 0.3 is 0 Å². The Bertz CT molecular complexity index is 2760. The lowest BCUT2D eigenvalue weighted by atomic mass is 10.1. The molecule has 0 amide bonds. The van der Waals surface area contributed by atoms with Gasteiger partial charge in [0.25, 0.3) is 0 Å². The van der Waals surface area contributed by atoms with Gasteiger partial charge in [-0.15, -0.1) is 19.3 Å². The predicted octanol–water partition coefficient (Wildman–Crippen LogP) is 10.5. The molecule has 0 unspecified atom stereocenters. The quantitative estimate of drug-likeness (QED) is 0.167. The first-order chi connectivity index (χ1) is 26.5. The zero-order valence-corrected chi connectivity index (χ0v) is 27.9. The molecule has 252 valence electrons. The SMILES string of the molecule is C#Cc1ccc2c(c1)Oc1ccc(-c3nc(-c4ccc5c(c4)Oc4cc(C#C)ccc4O5)nc(-c4ccc5c(c4)Oc4cc(C#C)ccc4O5)n3)cc1O2. The van der Waals surface area contributed by atoms with Gasteiger partial charge in [0.15, 0.2) is 86.5 Å². The molecule has 7 aromatic rings. The molecule has 0 aliphatic carbocycles. The topological polar surface area (TPSA) is 94.1 Å². The zero-order chi connectivity index (χ0) is 36.3. The molecule has 6 aromatic carbocycles. The highest BCUT2D eigenvalue weighted by molar-refractivity contribution is 5.73. The standard InChI is InChI=1S/C45H21N3O6/c1-4-25-9-15-33-37(19-25)51-36-18-12-28(22-40(36)52-33)43-46-44(29-10-16-34-41(23-29)53-38-20-26(5-2)7-13-31(38)49-34)48-45(47-43)30-11-17-35-42(24-30)54-39-21-27(6-3)8-14-32(39)50-35/h1-3,7-24H. The molecule has 10 rings (SSSR count). The van der Waals surface area contributed by atoms with Crippen LogP contribution in [0, 0.1) is 37.0 Å². The number of rotatable bonds is 3. The van der Waals surface area contributed by atoms with Crippen LogP contribution in [0.15, 0.2) is 109 Å². The van der Waals surface area contributed by atoms with E-state index in [0.717, 1.165) is 0 Å². The summed E-state index contributed by atoms with van der Waals surface area (Å²) in [6.07, 6.45) is 16.9. The highest BCUT2D eigenvalue weighted by Gasteiger charge is 2.25. The fraction of sp³-hybridized carbons (Fsp3) is 0. The van der Waals surface area contributed by atoms with Crippen LogP contribution in [0.25, 0.3) is 34.2 Å². The molecule has 54 heavy (non-hydrogen) atoms. The van der Waals surface area contributed by atoms with Gasteiger partial charge in [-0.05, 0) is 91.0 Å². The molecule has 0 radical (unpaired) electrons. The molecule has 0 saturated heterocycles. The van der Waals surface area contributed by atoms with Crippen LogP contribution in [0.2, 0.25) is 0 Å². The van der Waals surface area contributed by atoms with Gasteiger partial charge in [-0.3, -0.25) is 0 Å². The minimum Gasteiger partial charge on any atom is -0.450 e. The number of ether oxygens (including phenoxy) is 6. The second-order valence-electron chi connectivity index (χ2n) is 12.3. The first-order valence-corrected chi connectivity index (χ1v) is 16.6. The van der Waals surface area contributed by atoms with Gasteiger partial charge < -0.3 is 28.4 Å². The number of benzene rings is 6. The van der Waals surface area contributed by atoms with Crippen LogP contribution in [-0.2, 0) is 0 Å². The first kappa shape index (κ1) is 30.6. The van der Waals surface area contributed by atoms with Crippen LogP contribution in [0.1, 0.15) is 16.7 Å². The third-order valence-electron chi connectivity index (χ3n) is 8.89. The molecule has 0 bridgehead atoms. The smallest absolute Gasteiger partial charge is 0.171 e. The van der Waals surface area contributed by atoms with Crippen molar-refractivity contribution in [1.29, 1.82) is 0 Å². The largest absolute Gasteiger partial charge is 0.450 e. The van der Waals surface area contributed by atoms with Crippen molar-refractivity contribution in [3.63, 3.8) is 0 Å². The maximum absolute atomic E-state index is 6.25. The third-order valence-corrected chi connectivity index (χ3v) is 8.89. The molecule has 1 aromatic heterocycles. The van der Waals surface area contributed by atoms with E-state index in [0.29, 0.717) is 120 Å². The third kappa shape index (κ3) is 5.24. The number of aromatic nitrogens is 3. The van der Waals surface area contributed by atoms with Crippen molar-refractivity contribution in [2.45, 2.75) is 0 Å². The molecule has 0 spiro atoms. The summed E-state index contributed by atoms with van der Waals surface area (Å²) in [4.78, 5) is 14.8.